The Hall–Kier alpha value is -0.0400. The molecule has 0 N–H and O–H groups in total. The van der Waals surface area contributed by atoms with Crippen LogP contribution in [0.4, 0.5) is 0 Å². The smallest absolute Gasteiger partial charge is 0.0190 e. The minimum absolute atomic E-state index is 1.09. The summed E-state index contributed by atoms with van der Waals surface area (Å²) in [5.74, 6) is 2.44. The van der Waals surface area contributed by atoms with Crippen molar-refractivity contribution in [3.05, 3.63) is 0 Å². The largest absolute Gasteiger partial charge is 0.299 e. The molecule has 0 amide bonds. The second kappa shape index (κ2) is 0.348. The first-order valence-electron chi connectivity index (χ1n) is 2.63. The zero-order valence-electron chi connectivity index (χ0n) is 3.76. The van der Waals surface area contributed by atoms with Gasteiger partial charge in [-0.1, -0.05) is 0 Å². The molecule has 4 fully saturated rings. The minimum atomic E-state index is 1.09. The third kappa shape index (κ3) is 0.0604. The van der Waals surface area contributed by atoms with Gasteiger partial charge in [-0.3, -0.25) is 4.90 Å². The van der Waals surface area contributed by atoms with Gasteiger partial charge in [0.05, 0.1) is 0 Å². The van der Waals surface area contributed by atoms with Gasteiger partial charge >= 0.3 is 0 Å². The predicted molar refractivity (Wildman–Crippen MR) is 22.3 cm³/mol. The zero-order valence-corrected chi connectivity index (χ0v) is 3.76. The van der Waals surface area contributed by atoms with Crippen molar-refractivity contribution < 1.29 is 0 Å². The first-order valence-corrected chi connectivity index (χ1v) is 2.63. The van der Waals surface area contributed by atoms with Crippen LogP contribution in [0.3, 0.4) is 0 Å². The summed E-state index contributed by atoms with van der Waals surface area (Å²) in [6.07, 6.45) is 0. The Morgan fingerprint density at radius 2 is 1.67 bits per heavy atom. The summed E-state index contributed by atoms with van der Waals surface area (Å²) in [6, 6.07) is 2.19. The summed E-state index contributed by atoms with van der Waals surface area (Å²) < 4.78 is 0. The van der Waals surface area contributed by atoms with Crippen molar-refractivity contribution in [1.29, 1.82) is 0 Å². The molecule has 1 nitrogen and oxygen atoms in total. The average molecular weight is 81.1 g/mol. The van der Waals surface area contributed by atoms with Gasteiger partial charge in [0.2, 0.25) is 0 Å². The summed E-state index contributed by atoms with van der Waals surface area (Å²) in [6.45, 7) is 0. The standard InChI is InChI=1S/C5H7N/c1-6-4-2-3(4)5(2)6/h2-5H,1H3. The highest BCUT2D eigenvalue weighted by molar-refractivity contribution is 5.40. The van der Waals surface area contributed by atoms with Crippen LogP contribution in [0.1, 0.15) is 0 Å². The molecule has 0 unspecified atom stereocenters. The molecule has 2 aliphatic carbocycles. The van der Waals surface area contributed by atoms with Crippen molar-refractivity contribution in [3.8, 4) is 0 Å². The molecule has 4 rings (SSSR count). The summed E-state index contributed by atoms with van der Waals surface area (Å²) in [5, 5.41) is 0. The molecule has 0 atom stereocenters. The number of nitrogens with zero attached hydrogens (tertiary/aromatic N) is 1. The Balaban J connectivity index is 2.12. The van der Waals surface area contributed by atoms with E-state index in [0.29, 0.717) is 0 Å². The predicted octanol–water partition coefficient (Wildman–Crippen LogP) is -0.0714. The second-order valence-electron chi connectivity index (χ2n) is 2.80. The van der Waals surface area contributed by atoms with Crippen LogP contribution in [0.15, 0.2) is 0 Å². The van der Waals surface area contributed by atoms with Gasteiger partial charge < -0.3 is 0 Å². The molecule has 1 heteroatoms. The van der Waals surface area contributed by atoms with Crippen LogP contribution in [0.2, 0.25) is 0 Å². The van der Waals surface area contributed by atoms with E-state index in [2.05, 4.69) is 11.9 Å². The highest BCUT2D eigenvalue weighted by Crippen LogP contribution is 2.78. The Kier molecular flexibility index (Phi) is 0.134. The van der Waals surface area contributed by atoms with Gasteiger partial charge in [0.15, 0.2) is 0 Å². The Bertz CT molecular complexity index is 99.1. The molecular weight excluding hydrogens is 74.1 g/mol. The van der Waals surface area contributed by atoms with Gasteiger partial charge in [0, 0.05) is 12.1 Å². The SMILES string of the molecule is CN1C2C3C2C31. The van der Waals surface area contributed by atoms with Crippen LogP contribution in [-0.4, -0.2) is 24.0 Å². The van der Waals surface area contributed by atoms with Crippen molar-refractivity contribution in [2.24, 2.45) is 11.8 Å². The molecule has 0 aromatic heterocycles. The lowest BCUT2D eigenvalue weighted by molar-refractivity contribution is 0.0867. The average Bonchev–Trinajstić information content (AvgIpc) is 2.10. The summed E-state index contributed by atoms with van der Waals surface area (Å²) >= 11 is 0. The second-order valence-corrected chi connectivity index (χ2v) is 2.80. The van der Waals surface area contributed by atoms with E-state index in [-0.39, 0.29) is 0 Å². The molecule has 2 saturated carbocycles. The van der Waals surface area contributed by atoms with Crippen molar-refractivity contribution in [1.82, 2.24) is 4.90 Å². The highest BCUT2D eigenvalue weighted by Gasteiger charge is 2.87. The summed E-state index contributed by atoms with van der Waals surface area (Å²) in [4.78, 5) is 2.48. The van der Waals surface area contributed by atoms with Gasteiger partial charge in [0.25, 0.3) is 0 Å². The molecule has 0 aromatic rings. The lowest BCUT2D eigenvalue weighted by Gasteiger charge is -2.37. The molecule has 2 saturated heterocycles. The van der Waals surface area contributed by atoms with Crippen molar-refractivity contribution >= 4 is 0 Å². The van der Waals surface area contributed by atoms with E-state index < -0.39 is 0 Å². The van der Waals surface area contributed by atoms with Gasteiger partial charge in [-0.05, 0) is 18.9 Å². The van der Waals surface area contributed by atoms with Crippen molar-refractivity contribution in [3.63, 3.8) is 0 Å². The van der Waals surface area contributed by atoms with Crippen LogP contribution >= 0.6 is 0 Å². The molecule has 0 spiro atoms. The lowest BCUT2D eigenvalue weighted by atomic mass is 10.1. The van der Waals surface area contributed by atoms with Gasteiger partial charge in [-0.15, -0.1) is 0 Å². The van der Waals surface area contributed by atoms with Crippen LogP contribution < -0.4 is 0 Å². The highest BCUT2D eigenvalue weighted by atomic mass is 15.4. The Labute approximate surface area is 36.9 Å². The fraction of sp³-hybridized carbons (Fsp3) is 1.00. The van der Waals surface area contributed by atoms with Crippen LogP contribution in [0, 0.1) is 11.8 Å². The molecule has 0 radical (unpaired) electrons. The van der Waals surface area contributed by atoms with Crippen LogP contribution in [0.5, 0.6) is 0 Å². The van der Waals surface area contributed by atoms with Crippen LogP contribution in [0.25, 0.3) is 0 Å². The maximum atomic E-state index is 2.48. The normalized spacial score (nSPS) is 81.5. The molecule has 2 aliphatic heterocycles. The van der Waals surface area contributed by atoms with Gasteiger partial charge in [0.1, 0.15) is 0 Å². The van der Waals surface area contributed by atoms with Crippen molar-refractivity contribution in [2.75, 3.05) is 7.05 Å². The molecule has 6 heavy (non-hydrogen) atoms. The van der Waals surface area contributed by atoms with E-state index in [0.717, 1.165) is 12.1 Å². The summed E-state index contributed by atoms with van der Waals surface area (Å²) in [7, 11) is 2.23. The van der Waals surface area contributed by atoms with E-state index in [1.807, 2.05) is 0 Å². The Morgan fingerprint density at radius 3 is 1.67 bits per heavy atom. The lowest BCUT2D eigenvalue weighted by Crippen LogP contribution is -2.50. The first kappa shape index (κ1) is 2.31. The van der Waals surface area contributed by atoms with Crippen molar-refractivity contribution in [2.45, 2.75) is 12.1 Å². The van der Waals surface area contributed by atoms with E-state index in [1.54, 1.807) is 0 Å². The fourth-order valence-corrected chi connectivity index (χ4v) is 2.02. The molecular formula is C5H7N. The summed E-state index contributed by atoms with van der Waals surface area (Å²) in [5.41, 5.74) is 0. The number of hydrogen-bond donors (Lipinski definition) is 0. The van der Waals surface area contributed by atoms with E-state index in [4.69, 9.17) is 0 Å². The van der Waals surface area contributed by atoms with E-state index in [9.17, 15) is 0 Å². The maximum Gasteiger partial charge on any atom is 0.0190 e. The quantitative estimate of drug-likeness (QED) is 0.394. The molecule has 2 bridgehead atoms. The fourth-order valence-electron chi connectivity index (χ4n) is 2.02. The third-order valence-corrected chi connectivity index (χ3v) is 2.68. The van der Waals surface area contributed by atoms with Crippen LogP contribution in [-0.2, 0) is 0 Å². The maximum absolute atomic E-state index is 2.48. The zero-order chi connectivity index (χ0) is 3.89. The number of hydrogen-bond acceptors (Lipinski definition) is 1. The molecule has 2 heterocycles. The monoisotopic (exact) mass is 81.1 g/mol. The molecule has 4 aliphatic rings. The topological polar surface area (TPSA) is 3.24 Å². The molecule has 0 aromatic carbocycles. The third-order valence-electron chi connectivity index (χ3n) is 2.68. The van der Waals surface area contributed by atoms with Gasteiger partial charge in [-0.25, -0.2) is 0 Å². The van der Waals surface area contributed by atoms with E-state index >= 15 is 0 Å². The number of rotatable bonds is 0. The molecule has 32 valence electrons. The van der Waals surface area contributed by atoms with E-state index in [1.165, 1.54) is 11.8 Å². The Morgan fingerprint density at radius 1 is 1.17 bits per heavy atom. The van der Waals surface area contributed by atoms with Gasteiger partial charge in [-0.2, -0.15) is 0 Å². The minimum Gasteiger partial charge on any atom is -0.299 e. The first-order chi connectivity index (χ1) is 2.91.